The second-order valence-electron chi connectivity index (χ2n) is 11.0. The van der Waals surface area contributed by atoms with Gasteiger partial charge in [-0.1, -0.05) is 166 Å². The molecule has 0 saturated carbocycles. The van der Waals surface area contributed by atoms with E-state index in [4.69, 9.17) is 0 Å². The Morgan fingerprint density at radius 1 is 0.474 bits per heavy atom. The zero-order valence-corrected chi connectivity index (χ0v) is 31.1. The van der Waals surface area contributed by atoms with Crippen LogP contribution in [0.15, 0.2) is 73.3 Å². The molecule has 2 aromatic rings. The first-order chi connectivity index (χ1) is 16.3. The van der Waals surface area contributed by atoms with E-state index in [9.17, 15) is 0 Å². The van der Waals surface area contributed by atoms with Crippen molar-refractivity contribution in [3.63, 3.8) is 0 Å². The van der Waals surface area contributed by atoms with E-state index in [1.165, 1.54) is 11.1 Å². The van der Waals surface area contributed by atoms with Crippen molar-refractivity contribution >= 4 is 15.8 Å². The average molecular weight is 687 g/mol. The number of halogens is 2. The molecule has 2 rings (SSSR count). The molecule has 0 nitrogen and oxygen atoms in total. The Bertz CT molecular complexity index is 677. The van der Waals surface area contributed by atoms with Gasteiger partial charge >= 0.3 is 19.5 Å². The molecule has 0 N–H and O–H groups in total. The molecule has 0 unspecified atom stereocenters. The van der Waals surface area contributed by atoms with Gasteiger partial charge in [-0.05, 0) is 45.1 Å². The molecule has 0 bridgehead atoms. The molecule has 0 fully saturated rings. The minimum Gasteiger partial charge on any atom is -1.00 e. The number of benzene rings is 2. The fraction of sp³-hybridized carbons (Fsp3) is 0.576. The normalized spacial score (nSPS) is 10.7. The van der Waals surface area contributed by atoms with Crippen molar-refractivity contribution in [2.45, 2.75) is 123 Å². The van der Waals surface area contributed by atoms with Crippen LogP contribution in [0, 0.1) is 0 Å². The summed E-state index contributed by atoms with van der Waals surface area (Å²) in [4.78, 5) is 0. The summed E-state index contributed by atoms with van der Waals surface area (Å²) in [6.45, 7) is 32.1. The van der Waals surface area contributed by atoms with Crippen LogP contribution in [0.1, 0.15) is 100 Å². The van der Waals surface area contributed by atoms with E-state index >= 15 is 0 Å². The Hall–Kier alpha value is 0.243. The molecule has 0 spiro atoms. The molecule has 0 atom stereocenters. The monoisotopic (exact) mass is 686 g/mol. The van der Waals surface area contributed by atoms with E-state index in [1.54, 1.807) is 0 Å². The van der Waals surface area contributed by atoms with Crippen LogP contribution in [-0.2, 0) is 19.5 Å². The van der Waals surface area contributed by atoms with Crippen LogP contribution in [0.5, 0.6) is 0 Å². The van der Waals surface area contributed by atoms with Crippen molar-refractivity contribution in [3.05, 3.63) is 84.4 Å². The van der Waals surface area contributed by atoms with Crippen molar-refractivity contribution in [3.8, 4) is 0 Å². The van der Waals surface area contributed by atoms with Gasteiger partial charge in [0.05, 0.1) is 0 Å². The molecule has 0 aliphatic carbocycles. The summed E-state index contributed by atoms with van der Waals surface area (Å²) in [5, 5.41) is 0. The minimum atomic E-state index is 0. The fourth-order valence-electron chi connectivity index (χ4n) is 5.36. The van der Waals surface area contributed by atoms with E-state index in [1.807, 2.05) is 18.2 Å². The molecule has 0 radical (unpaired) electrons. The molecular weight excluding hydrogens is 630 g/mol. The largest absolute Gasteiger partial charge is 6.00 e. The van der Waals surface area contributed by atoms with Crippen molar-refractivity contribution in [1.82, 2.24) is 0 Å². The first kappa shape index (κ1) is 45.2. The molecular formula is C33H56Cl2P2Ru+4. The minimum absolute atomic E-state index is 0. The molecule has 0 amide bonds. The molecule has 0 heterocycles. The number of hydrogen-bond acceptors (Lipinski definition) is 0. The van der Waals surface area contributed by atoms with E-state index in [0.717, 1.165) is 34.0 Å². The van der Waals surface area contributed by atoms with E-state index in [2.05, 4.69) is 138 Å². The average Bonchev–Trinajstić information content (AvgIpc) is 2.75. The van der Waals surface area contributed by atoms with Gasteiger partial charge < -0.3 is 24.8 Å². The SMILES string of the molecule is C=CC(c1ccccc1)c1ccccc1.CC(C)P(C(C)C)C(C)C.CC(C)P(C(C)C)C(C)C.[Cl-].[Cl-].[Ru+6]. The Kier molecular flexibility index (Phi) is 29.8. The summed E-state index contributed by atoms with van der Waals surface area (Å²) >= 11 is 0. The predicted molar refractivity (Wildman–Crippen MR) is 170 cm³/mol. The van der Waals surface area contributed by atoms with Crippen LogP contribution in [0.4, 0.5) is 0 Å². The summed E-state index contributed by atoms with van der Waals surface area (Å²) < 4.78 is 0. The van der Waals surface area contributed by atoms with Gasteiger partial charge in [0.15, 0.2) is 0 Å². The molecule has 2 aromatic carbocycles. The predicted octanol–water partition coefficient (Wildman–Crippen LogP) is 5.40. The van der Waals surface area contributed by atoms with Gasteiger partial charge in [-0.15, -0.1) is 6.58 Å². The van der Waals surface area contributed by atoms with Gasteiger partial charge in [0.1, 0.15) is 0 Å². The summed E-state index contributed by atoms with van der Waals surface area (Å²) in [5.74, 6) is 0.299. The van der Waals surface area contributed by atoms with Crippen molar-refractivity contribution in [2.24, 2.45) is 0 Å². The number of hydrogen-bond donors (Lipinski definition) is 0. The molecule has 38 heavy (non-hydrogen) atoms. The van der Waals surface area contributed by atoms with Crippen LogP contribution >= 0.6 is 15.8 Å². The smallest absolute Gasteiger partial charge is 1.00 e. The second kappa shape index (κ2) is 25.0. The van der Waals surface area contributed by atoms with E-state index < -0.39 is 0 Å². The van der Waals surface area contributed by atoms with E-state index in [-0.39, 0.29) is 60.1 Å². The third-order valence-corrected chi connectivity index (χ3v) is 13.3. The quantitative estimate of drug-likeness (QED) is 0.189. The number of rotatable bonds is 9. The summed E-state index contributed by atoms with van der Waals surface area (Å²) in [7, 11) is 0.525. The Morgan fingerprint density at radius 2 is 0.684 bits per heavy atom. The third-order valence-electron chi connectivity index (χ3n) is 6.13. The molecule has 216 valence electrons. The van der Waals surface area contributed by atoms with Crippen LogP contribution in [-0.4, -0.2) is 34.0 Å². The molecule has 0 saturated heterocycles. The fourth-order valence-corrected chi connectivity index (χ4v) is 12.5. The van der Waals surface area contributed by atoms with Crippen LogP contribution in [0.2, 0.25) is 0 Å². The second-order valence-corrected chi connectivity index (χ2v) is 19.0. The number of allylic oxidation sites excluding steroid dienone is 1. The van der Waals surface area contributed by atoms with Gasteiger partial charge in [-0.3, -0.25) is 0 Å². The van der Waals surface area contributed by atoms with Gasteiger partial charge in [-0.25, -0.2) is 0 Å². The van der Waals surface area contributed by atoms with Gasteiger partial charge in [0.2, 0.25) is 0 Å². The Balaban J connectivity index is -0.000000228. The Morgan fingerprint density at radius 3 is 0.816 bits per heavy atom. The molecule has 0 aromatic heterocycles. The van der Waals surface area contributed by atoms with Crippen molar-refractivity contribution in [2.75, 3.05) is 0 Å². The topological polar surface area (TPSA) is 0 Å². The summed E-state index contributed by atoms with van der Waals surface area (Å²) in [6, 6.07) is 20.9. The van der Waals surface area contributed by atoms with Crippen LogP contribution in [0.3, 0.4) is 0 Å². The maximum atomic E-state index is 3.91. The molecule has 5 heteroatoms. The van der Waals surface area contributed by atoms with Crippen molar-refractivity contribution in [1.29, 1.82) is 0 Å². The molecule has 0 aliphatic heterocycles. The van der Waals surface area contributed by atoms with Gasteiger partial charge in [0, 0.05) is 5.92 Å². The summed E-state index contributed by atoms with van der Waals surface area (Å²) in [6.07, 6.45) is 1.99. The third kappa shape index (κ3) is 17.8. The first-order valence-corrected chi connectivity index (χ1v) is 16.7. The zero-order valence-electron chi connectivity index (χ0n) is 26.1. The van der Waals surface area contributed by atoms with Gasteiger partial charge in [-0.2, -0.15) is 0 Å². The maximum Gasteiger partial charge on any atom is 6.00 e. The standard InChI is InChI=1S/C15H14.2C9H21P.2ClH.Ru/c1-2-15(13-9-5-3-6-10-13)14-11-7-4-8-12-14;2*1-7(2)10(8(3)4)9(5)6;;;/h2-12,15H,1H2;2*7-9H,1-6H3;2*1H;/q;;;;;+6/p-2. The van der Waals surface area contributed by atoms with E-state index in [0.29, 0.717) is 5.92 Å². The van der Waals surface area contributed by atoms with Crippen molar-refractivity contribution < 1.29 is 44.3 Å². The summed E-state index contributed by atoms with van der Waals surface area (Å²) in [5.41, 5.74) is 7.97. The van der Waals surface area contributed by atoms with Gasteiger partial charge in [0.25, 0.3) is 0 Å². The zero-order chi connectivity index (χ0) is 27.1. The first-order valence-electron chi connectivity index (χ1n) is 13.6. The maximum absolute atomic E-state index is 3.91. The van der Waals surface area contributed by atoms with Crippen LogP contribution < -0.4 is 24.8 Å². The Labute approximate surface area is 266 Å². The molecule has 0 aliphatic rings. The van der Waals surface area contributed by atoms with Crippen LogP contribution in [0.25, 0.3) is 0 Å².